The van der Waals surface area contributed by atoms with E-state index in [2.05, 4.69) is 12.1 Å². The van der Waals surface area contributed by atoms with E-state index in [0.717, 1.165) is 15.5 Å². The van der Waals surface area contributed by atoms with Crippen LogP contribution in [0.3, 0.4) is 0 Å². The van der Waals surface area contributed by atoms with Gasteiger partial charge in [0.05, 0.1) is 5.03 Å². The van der Waals surface area contributed by atoms with E-state index >= 15 is 0 Å². The Balaban J connectivity index is 2.22. The number of hydrogen-bond acceptors (Lipinski definition) is 1. The number of rotatable bonds is 3. The molecule has 0 aliphatic rings. The molecule has 2 aromatic rings. The summed E-state index contributed by atoms with van der Waals surface area (Å²) in [5.41, 5.74) is 1.06. The summed E-state index contributed by atoms with van der Waals surface area (Å²) in [6.07, 6.45) is 0. The first kappa shape index (κ1) is 12.3. The van der Waals surface area contributed by atoms with Crippen LogP contribution in [0.5, 0.6) is 0 Å². The molecular weight excluding hydrogens is 248 g/mol. The number of thioether (sulfide) groups is 1. The van der Waals surface area contributed by atoms with Crippen molar-refractivity contribution in [1.82, 2.24) is 0 Å². The van der Waals surface area contributed by atoms with Gasteiger partial charge in [0.15, 0.2) is 0 Å². The molecule has 0 unspecified atom stereocenters. The van der Waals surface area contributed by atoms with E-state index in [9.17, 15) is 0 Å². The minimum Gasteiger partial charge on any atom is -0.0933 e. The summed E-state index contributed by atoms with van der Waals surface area (Å²) in [4.78, 5) is 2.32. The van der Waals surface area contributed by atoms with Gasteiger partial charge in [-0.1, -0.05) is 71.9 Å². The lowest BCUT2D eigenvalue weighted by atomic mass is 10.2. The molecule has 0 spiro atoms. The molecule has 0 fully saturated rings. The van der Waals surface area contributed by atoms with Gasteiger partial charge >= 0.3 is 0 Å². The minimum absolute atomic E-state index is 0.819. The van der Waals surface area contributed by atoms with Gasteiger partial charge in [-0.25, -0.2) is 0 Å². The highest BCUT2D eigenvalue weighted by Crippen LogP contribution is 2.34. The maximum Gasteiger partial charge on any atom is 0.0574 e. The van der Waals surface area contributed by atoms with Gasteiger partial charge in [-0.05, 0) is 24.6 Å². The summed E-state index contributed by atoms with van der Waals surface area (Å²) in [6, 6.07) is 20.3. The fraction of sp³-hybridized carbons (Fsp3) is 0.0667. The molecule has 0 aliphatic carbocycles. The Hall–Kier alpha value is -1.18. The molecule has 0 nitrogen and oxygen atoms in total. The van der Waals surface area contributed by atoms with Crippen molar-refractivity contribution in [3.05, 3.63) is 71.1 Å². The lowest BCUT2D eigenvalue weighted by molar-refractivity contribution is 1.46. The molecule has 0 heterocycles. The molecule has 17 heavy (non-hydrogen) atoms. The summed E-state index contributed by atoms with van der Waals surface area (Å²) < 4.78 is 0. The molecule has 0 saturated carbocycles. The zero-order valence-electron chi connectivity index (χ0n) is 9.56. The molecule has 86 valence electrons. The Bertz CT molecular complexity index is 503. The number of allylic oxidation sites excluding steroid dienone is 1. The molecule has 0 aromatic heterocycles. The van der Waals surface area contributed by atoms with E-state index in [4.69, 9.17) is 11.6 Å². The van der Waals surface area contributed by atoms with Crippen molar-refractivity contribution < 1.29 is 0 Å². The Kier molecular flexibility index (Phi) is 4.29. The van der Waals surface area contributed by atoms with E-state index in [1.165, 1.54) is 4.90 Å². The zero-order chi connectivity index (χ0) is 12.1. The summed E-state index contributed by atoms with van der Waals surface area (Å²) >= 11 is 8.06. The average Bonchev–Trinajstić information content (AvgIpc) is 2.40. The van der Waals surface area contributed by atoms with Crippen molar-refractivity contribution in [1.29, 1.82) is 0 Å². The third-order valence-electron chi connectivity index (χ3n) is 2.35. The van der Waals surface area contributed by atoms with Gasteiger partial charge in [-0.15, -0.1) is 0 Å². The van der Waals surface area contributed by atoms with Gasteiger partial charge in [-0.2, -0.15) is 0 Å². The first-order chi connectivity index (χ1) is 8.27. The van der Waals surface area contributed by atoms with Gasteiger partial charge in [0.25, 0.3) is 0 Å². The van der Waals surface area contributed by atoms with Crippen LogP contribution in [0.2, 0.25) is 0 Å². The van der Waals surface area contributed by atoms with E-state index in [1.54, 1.807) is 11.8 Å². The summed E-state index contributed by atoms with van der Waals surface area (Å²) in [5, 5.41) is 0.819. The fourth-order valence-electron chi connectivity index (χ4n) is 1.50. The molecule has 0 radical (unpaired) electrons. The van der Waals surface area contributed by atoms with Crippen LogP contribution in [-0.4, -0.2) is 0 Å². The van der Waals surface area contributed by atoms with Gasteiger partial charge < -0.3 is 0 Å². The van der Waals surface area contributed by atoms with Crippen LogP contribution in [0.25, 0.3) is 5.03 Å². The number of benzene rings is 2. The highest BCUT2D eigenvalue weighted by Gasteiger charge is 2.03. The molecule has 0 saturated heterocycles. The maximum absolute atomic E-state index is 6.37. The standard InChI is InChI=1S/C15H13ClS/c1-12(17-14-10-6-3-7-11-14)15(16)13-8-4-2-5-9-13/h2-11H,1H3/b15-12-. The topological polar surface area (TPSA) is 0 Å². The highest BCUT2D eigenvalue weighted by molar-refractivity contribution is 8.03. The second-order valence-corrected chi connectivity index (χ2v) is 5.32. The van der Waals surface area contributed by atoms with Crippen LogP contribution >= 0.6 is 23.4 Å². The molecule has 0 aliphatic heterocycles. The van der Waals surface area contributed by atoms with Crippen molar-refractivity contribution >= 4 is 28.4 Å². The molecule has 0 atom stereocenters. The Morgan fingerprint density at radius 2 is 1.41 bits per heavy atom. The van der Waals surface area contributed by atoms with E-state index in [-0.39, 0.29) is 0 Å². The largest absolute Gasteiger partial charge is 0.0933 e. The van der Waals surface area contributed by atoms with Crippen LogP contribution in [-0.2, 0) is 0 Å². The van der Waals surface area contributed by atoms with E-state index in [1.807, 2.05) is 55.5 Å². The Morgan fingerprint density at radius 3 is 2.00 bits per heavy atom. The van der Waals surface area contributed by atoms with Crippen LogP contribution in [0.4, 0.5) is 0 Å². The number of hydrogen-bond donors (Lipinski definition) is 0. The predicted octanol–water partition coefficient (Wildman–Crippen LogP) is 5.41. The predicted molar refractivity (Wildman–Crippen MR) is 77.2 cm³/mol. The van der Waals surface area contributed by atoms with Crippen molar-refractivity contribution in [2.24, 2.45) is 0 Å². The van der Waals surface area contributed by atoms with Crippen molar-refractivity contribution in [3.63, 3.8) is 0 Å². The smallest absolute Gasteiger partial charge is 0.0574 e. The Morgan fingerprint density at radius 1 is 0.882 bits per heavy atom. The average molecular weight is 261 g/mol. The second-order valence-electron chi connectivity index (χ2n) is 3.65. The molecule has 0 N–H and O–H groups in total. The normalized spacial score (nSPS) is 12.1. The molecule has 0 amide bonds. The summed E-state index contributed by atoms with van der Waals surface area (Å²) in [7, 11) is 0. The first-order valence-corrected chi connectivity index (χ1v) is 6.61. The maximum atomic E-state index is 6.37. The number of halogens is 1. The third kappa shape index (κ3) is 3.39. The van der Waals surface area contributed by atoms with Gasteiger partial charge in [0.1, 0.15) is 0 Å². The fourth-order valence-corrected chi connectivity index (χ4v) is 2.59. The summed E-state index contributed by atoms with van der Waals surface area (Å²) in [5.74, 6) is 0. The first-order valence-electron chi connectivity index (χ1n) is 5.42. The van der Waals surface area contributed by atoms with Crippen LogP contribution in [0, 0.1) is 0 Å². The molecule has 2 rings (SSSR count). The minimum atomic E-state index is 0.819. The molecule has 2 aromatic carbocycles. The van der Waals surface area contributed by atoms with Gasteiger partial charge in [0.2, 0.25) is 0 Å². The van der Waals surface area contributed by atoms with Crippen molar-refractivity contribution in [2.45, 2.75) is 11.8 Å². The SMILES string of the molecule is C/C(Sc1ccccc1)=C(/Cl)c1ccccc1. The molecule has 2 heteroatoms. The van der Waals surface area contributed by atoms with Crippen molar-refractivity contribution in [2.75, 3.05) is 0 Å². The monoisotopic (exact) mass is 260 g/mol. The third-order valence-corrected chi connectivity index (χ3v) is 3.98. The highest BCUT2D eigenvalue weighted by atomic mass is 35.5. The van der Waals surface area contributed by atoms with Gasteiger partial charge in [-0.3, -0.25) is 0 Å². The summed E-state index contributed by atoms with van der Waals surface area (Å²) in [6.45, 7) is 2.05. The van der Waals surface area contributed by atoms with E-state index < -0.39 is 0 Å². The van der Waals surface area contributed by atoms with Crippen LogP contribution in [0.15, 0.2) is 70.5 Å². The van der Waals surface area contributed by atoms with Crippen LogP contribution in [0.1, 0.15) is 12.5 Å². The Labute approximate surface area is 111 Å². The zero-order valence-corrected chi connectivity index (χ0v) is 11.1. The van der Waals surface area contributed by atoms with Gasteiger partial charge in [0, 0.05) is 9.80 Å². The van der Waals surface area contributed by atoms with Crippen LogP contribution < -0.4 is 0 Å². The van der Waals surface area contributed by atoms with E-state index in [0.29, 0.717) is 0 Å². The van der Waals surface area contributed by atoms with Crippen molar-refractivity contribution in [3.8, 4) is 0 Å². The molecule has 0 bridgehead atoms. The quantitative estimate of drug-likeness (QED) is 0.665. The lowest BCUT2D eigenvalue weighted by Crippen LogP contribution is -1.79. The molecular formula is C15H13ClS. The second kappa shape index (κ2) is 5.95. The lowest BCUT2D eigenvalue weighted by Gasteiger charge is -2.05.